The monoisotopic (exact) mass is 230 g/mol. The minimum Gasteiger partial charge on any atom is -0.416 e. The molecule has 0 aromatic heterocycles. The third-order valence-electron chi connectivity index (χ3n) is 2.37. The predicted octanol–water partition coefficient (Wildman–Crippen LogP) is -0.160. The van der Waals surface area contributed by atoms with Crippen LogP contribution in [0.2, 0.25) is 0 Å². The number of carbonyl (C=O) groups is 2. The van der Waals surface area contributed by atoms with Crippen molar-refractivity contribution in [2.24, 2.45) is 0 Å². The summed E-state index contributed by atoms with van der Waals surface area (Å²) in [6.07, 6.45) is -0.405. The van der Waals surface area contributed by atoms with Gasteiger partial charge < -0.3 is 19.7 Å². The van der Waals surface area contributed by atoms with Crippen molar-refractivity contribution in [2.45, 2.75) is 38.3 Å². The summed E-state index contributed by atoms with van der Waals surface area (Å²) in [5.41, 5.74) is -0.0791. The third-order valence-corrected chi connectivity index (χ3v) is 2.37. The molecule has 1 aliphatic rings. The number of rotatable bonds is 2. The van der Waals surface area contributed by atoms with Crippen LogP contribution in [0.3, 0.4) is 0 Å². The molecule has 0 amide bonds. The van der Waals surface area contributed by atoms with Crippen LogP contribution in [0.15, 0.2) is 12.2 Å². The molecule has 6 nitrogen and oxygen atoms in total. The molecule has 2 N–H and O–H groups in total. The molecule has 0 radical (unpaired) electrons. The van der Waals surface area contributed by atoms with Gasteiger partial charge in [-0.15, -0.1) is 0 Å². The molecule has 6 heteroatoms. The second-order valence-corrected chi connectivity index (χ2v) is 3.77. The summed E-state index contributed by atoms with van der Waals surface area (Å²) in [5, 5.41) is 19.0. The average molecular weight is 230 g/mol. The van der Waals surface area contributed by atoms with E-state index >= 15 is 0 Å². The van der Waals surface area contributed by atoms with E-state index in [9.17, 15) is 19.8 Å². The smallest absolute Gasteiger partial charge is 0.337 e. The molecule has 90 valence electrons. The van der Waals surface area contributed by atoms with Crippen molar-refractivity contribution >= 4 is 11.9 Å². The van der Waals surface area contributed by atoms with Crippen molar-refractivity contribution in [2.75, 3.05) is 0 Å². The van der Waals surface area contributed by atoms with E-state index in [1.807, 2.05) is 0 Å². The lowest BCUT2D eigenvalue weighted by Crippen LogP contribution is -2.56. The molecule has 1 fully saturated rings. The fourth-order valence-electron chi connectivity index (χ4n) is 1.38. The number of aliphatic hydroxyl groups is 2. The normalized spacial score (nSPS) is 27.1. The van der Waals surface area contributed by atoms with Crippen molar-refractivity contribution < 1.29 is 29.3 Å². The third kappa shape index (κ3) is 2.07. The van der Waals surface area contributed by atoms with E-state index in [2.05, 4.69) is 6.58 Å². The van der Waals surface area contributed by atoms with Crippen LogP contribution >= 0.6 is 0 Å². The van der Waals surface area contributed by atoms with Gasteiger partial charge in [0.25, 0.3) is 0 Å². The Kier molecular flexibility index (Phi) is 3.07. The van der Waals surface area contributed by atoms with E-state index in [1.54, 1.807) is 0 Å². The van der Waals surface area contributed by atoms with Crippen molar-refractivity contribution in [1.82, 2.24) is 0 Å². The lowest BCUT2D eigenvalue weighted by Gasteiger charge is -2.37. The van der Waals surface area contributed by atoms with E-state index < -0.39 is 23.5 Å². The molecule has 0 aromatic rings. The number of hydrogen-bond donors (Lipinski definition) is 2. The lowest BCUT2D eigenvalue weighted by atomic mass is 10.0. The minimum atomic E-state index is -2.47. The van der Waals surface area contributed by atoms with Gasteiger partial charge in [-0.1, -0.05) is 13.5 Å². The van der Waals surface area contributed by atoms with Crippen LogP contribution in [0, 0.1) is 0 Å². The molecule has 1 rings (SSSR count). The highest BCUT2D eigenvalue weighted by Gasteiger charge is 2.54. The summed E-state index contributed by atoms with van der Waals surface area (Å²) in [6, 6.07) is 0. The van der Waals surface area contributed by atoms with E-state index in [1.165, 1.54) is 6.92 Å². The number of carbonyl (C=O) groups excluding carboxylic acids is 2. The van der Waals surface area contributed by atoms with E-state index in [4.69, 9.17) is 9.47 Å². The molecule has 1 unspecified atom stereocenters. The Morgan fingerprint density at radius 2 is 2.00 bits per heavy atom. The van der Waals surface area contributed by atoms with Gasteiger partial charge in [0.15, 0.2) is 0 Å². The first kappa shape index (κ1) is 12.7. The highest BCUT2D eigenvalue weighted by molar-refractivity contribution is 5.94. The highest BCUT2D eigenvalue weighted by atomic mass is 16.8. The summed E-state index contributed by atoms with van der Waals surface area (Å²) in [4.78, 5) is 22.7. The molecule has 1 aliphatic heterocycles. The maximum atomic E-state index is 11.4. The van der Waals surface area contributed by atoms with Gasteiger partial charge in [-0.05, 0) is 6.92 Å². The van der Waals surface area contributed by atoms with Gasteiger partial charge in [-0.3, -0.25) is 4.79 Å². The fourth-order valence-corrected chi connectivity index (χ4v) is 1.38. The van der Waals surface area contributed by atoms with Gasteiger partial charge >= 0.3 is 17.7 Å². The lowest BCUT2D eigenvalue weighted by molar-refractivity contribution is -0.351. The van der Waals surface area contributed by atoms with Crippen molar-refractivity contribution in [3.05, 3.63) is 12.2 Å². The van der Waals surface area contributed by atoms with Gasteiger partial charge in [0.2, 0.25) is 5.79 Å². The molecule has 16 heavy (non-hydrogen) atoms. The topological polar surface area (TPSA) is 93.1 Å². The SMILES string of the molecule is C=C1CC(=O)OC(CC)(C(C)(O)O)OC1=O. The molecule has 1 saturated heterocycles. The summed E-state index contributed by atoms with van der Waals surface area (Å²) in [5.74, 6) is -6.22. The Morgan fingerprint density at radius 1 is 1.44 bits per heavy atom. The maximum absolute atomic E-state index is 11.4. The molecule has 0 aliphatic carbocycles. The Morgan fingerprint density at radius 3 is 2.44 bits per heavy atom. The van der Waals surface area contributed by atoms with Crippen LogP contribution < -0.4 is 0 Å². The first-order chi connectivity index (χ1) is 7.22. The van der Waals surface area contributed by atoms with Crippen LogP contribution in [0.25, 0.3) is 0 Å². The summed E-state index contributed by atoms with van der Waals surface area (Å²) in [7, 11) is 0. The molecular weight excluding hydrogens is 216 g/mol. The molecule has 0 aromatic carbocycles. The van der Waals surface area contributed by atoms with E-state index in [-0.39, 0.29) is 18.4 Å². The zero-order chi connectivity index (χ0) is 12.6. The van der Waals surface area contributed by atoms with Gasteiger partial charge in [-0.2, -0.15) is 0 Å². The Bertz CT molecular complexity index is 340. The summed E-state index contributed by atoms with van der Waals surface area (Å²) < 4.78 is 9.62. The Hall–Kier alpha value is -1.40. The van der Waals surface area contributed by atoms with Crippen LogP contribution in [0.4, 0.5) is 0 Å². The summed E-state index contributed by atoms with van der Waals surface area (Å²) in [6.45, 7) is 5.83. The molecule has 0 spiro atoms. The second kappa shape index (κ2) is 3.88. The Labute approximate surface area is 92.5 Å². The molecule has 1 heterocycles. The summed E-state index contributed by atoms with van der Waals surface area (Å²) >= 11 is 0. The van der Waals surface area contributed by atoms with Crippen LogP contribution in [-0.4, -0.2) is 33.7 Å². The number of cyclic esters (lactones) is 2. The molecular formula is C10H14O6. The van der Waals surface area contributed by atoms with Gasteiger partial charge in [0.05, 0.1) is 6.42 Å². The maximum Gasteiger partial charge on any atom is 0.337 e. The largest absolute Gasteiger partial charge is 0.416 e. The average Bonchev–Trinajstić information content (AvgIpc) is 2.24. The van der Waals surface area contributed by atoms with Gasteiger partial charge in [0.1, 0.15) is 0 Å². The number of ether oxygens (including phenoxy) is 2. The number of hydrogen-bond acceptors (Lipinski definition) is 6. The van der Waals surface area contributed by atoms with Crippen molar-refractivity contribution in [1.29, 1.82) is 0 Å². The first-order valence-corrected chi connectivity index (χ1v) is 4.79. The predicted molar refractivity (Wildman–Crippen MR) is 51.8 cm³/mol. The first-order valence-electron chi connectivity index (χ1n) is 4.79. The standard InChI is InChI=1S/C10H14O6/c1-4-10(9(3,13)14)15-7(11)5-6(2)8(12)16-10/h13-14H,2,4-5H2,1,3H3. The zero-order valence-corrected chi connectivity index (χ0v) is 9.15. The van der Waals surface area contributed by atoms with Crippen LogP contribution in [0.5, 0.6) is 0 Å². The molecule has 1 atom stereocenters. The van der Waals surface area contributed by atoms with Crippen molar-refractivity contribution in [3.8, 4) is 0 Å². The highest BCUT2D eigenvalue weighted by Crippen LogP contribution is 2.33. The second-order valence-electron chi connectivity index (χ2n) is 3.77. The quantitative estimate of drug-likeness (QED) is 0.389. The van der Waals surface area contributed by atoms with Crippen LogP contribution in [0.1, 0.15) is 26.7 Å². The van der Waals surface area contributed by atoms with Crippen LogP contribution in [-0.2, 0) is 19.1 Å². The van der Waals surface area contributed by atoms with Gasteiger partial charge in [-0.25, -0.2) is 4.79 Å². The van der Waals surface area contributed by atoms with Gasteiger partial charge in [0, 0.05) is 12.0 Å². The molecule has 0 bridgehead atoms. The molecule has 0 saturated carbocycles. The zero-order valence-electron chi connectivity index (χ0n) is 9.15. The Balaban J connectivity index is 3.15. The van der Waals surface area contributed by atoms with Crippen molar-refractivity contribution in [3.63, 3.8) is 0 Å². The minimum absolute atomic E-state index is 0.0791. The van der Waals surface area contributed by atoms with E-state index in [0.29, 0.717) is 0 Å². The fraction of sp³-hybridized carbons (Fsp3) is 0.600. The van der Waals surface area contributed by atoms with E-state index in [0.717, 1.165) is 6.92 Å². The number of esters is 2.